The lowest BCUT2D eigenvalue weighted by atomic mass is 10.1. The number of methoxy groups -OCH3 is 1. The van der Waals surface area contributed by atoms with Crippen LogP contribution in [0, 0.1) is 0 Å². The van der Waals surface area contributed by atoms with E-state index in [4.69, 9.17) is 14.0 Å². The summed E-state index contributed by atoms with van der Waals surface area (Å²) < 4.78 is 15.8. The topological polar surface area (TPSA) is 74.5 Å². The largest absolute Gasteiger partial charge is 0.497 e. The third kappa shape index (κ3) is 2.34. The van der Waals surface area contributed by atoms with Gasteiger partial charge in [-0.1, -0.05) is 11.2 Å². The Labute approximate surface area is 137 Å². The molecule has 1 aromatic heterocycles. The summed E-state index contributed by atoms with van der Waals surface area (Å²) in [6.45, 7) is 0. The van der Waals surface area contributed by atoms with E-state index in [1.54, 1.807) is 37.6 Å². The summed E-state index contributed by atoms with van der Waals surface area (Å²) in [6.07, 6.45) is 3.08. The average molecular weight is 320 g/mol. The smallest absolute Gasteiger partial charge is 0.345 e. The van der Waals surface area contributed by atoms with Gasteiger partial charge in [-0.05, 0) is 36.4 Å². The van der Waals surface area contributed by atoms with Crippen LogP contribution in [0.1, 0.15) is 10.4 Å². The molecule has 2 aromatic rings. The zero-order valence-corrected chi connectivity index (χ0v) is 12.7. The van der Waals surface area contributed by atoms with Crippen molar-refractivity contribution < 1.29 is 18.8 Å². The third-order valence-corrected chi connectivity index (χ3v) is 3.70. The second-order valence-corrected chi connectivity index (χ2v) is 5.13. The molecule has 0 spiro atoms. The number of fused-ring (bicyclic) bond motifs is 3. The minimum absolute atomic E-state index is 0.332. The van der Waals surface area contributed by atoms with Crippen LogP contribution in [0.4, 0.5) is 0 Å². The van der Waals surface area contributed by atoms with Crippen molar-refractivity contribution in [3.05, 3.63) is 60.4 Å². The minimum Gasteiger partial charge on any atom is -0.497 e. The molecule has 0 amide bonds. The molecule has 6 nitrogen and oxygen atoms in total. The molecule has 1 aromatic carbocycles. The first-order chi connectivity index (χ1) is 11.8. The number of hydrogen-bond donors (Lipinski definition) is 0. The van der Waals surface area contributed by atoms with E-state index in [2.05, 4.69) is 10.1 Å². The predicted octanol–water partition coefficient (Wildman–Crippen LogP) is 3.56. The van der Waals surface area contributed by atoms with Gasteiger partial charge in [0.1, 0.15) is 11.5 Å². The molecular weight excluding hydrogens is 308 g/mol. The zero-order valence-electron chi connectivity index (χ0n) is 12.7. The summed E-state index contributed by atoms with van der Waals surface area (Å²) in [5, 5.41) is 4.58. The number of carbonyl (C=O) groups excluding carboxylic acids is 1. The van der Waals surface area contributed by atoms with Gasteiger partial charge in [-0.15, -0.1) is 0 Å². The molecule has 6 heteroatoms. The number of rotatable bonds is 3. The Kier molecular flexibility index (Phi) is 3.35. The van der Waals surface area contributed by atoms with Crippen molar-refractivity contribution in [3.8, 4) is 22.8 Å². The molecule has 0 unspecified atom stereocenters. The molecule has 4 rings (SSSR count). The molecular formula is C18H12N2O4. The zero-order chi connectivity index (χ0) is 16.5. The number of benzene rings is 1. The maximum absolute atomic E-state index is 12.6. The van der Waals surface area contributed by atoms with Crippen molar-refractivity contribution >= 4 is 16.9 Å². The van der Waals surface area contributed by atoms with E-state index < -0.39 is 5.97 Å². The lowest BCUT2D eigenvalue weighted by molar-refractivity contribution is 0.0735. The van der Waals surface area contributed by atoms with Gasteiger partial charge in [0.2, 0.25) is 0 Å². The fourth-order valence-electron chi connectivity index (χ4n) is 2.53. The van der Waals surface area contributed by atoms with Gasteiger partial charge in [-0.25, -0.2) is 4.79 Å². The van der Waals surface area contributed by atoms with E-state index in [0.29, 0.717) is 33.9 Å². The van der Waals surface area contributed by atoms with Gasteiger partial charge >= 0.3 is 5.97 Å². The number of ether oxygens (including phenoxy) is 2. The van der Waals surface area contributed by atoms with Crippen molar-refractivity contribution in [3.63, 3.8) is 0 Å². The minimum atomic E-state index is -0.508. The molecule has 2 aliphatic rings. The summed E-state index contributed by atoms with van der Waals surface area (Å²) in [4.78, 5) is 16.8. The number of hydrogen-bond acceptors (Lipinski definition) is 6. The second-order valence-electron chi connectivity index (χ2n) is 5.13. The van der Waals surface area contributed by atoms with Crippen LogP contribution in [-0.4, -0.2) is 23.2 Å². The average Bonchev–Trinajstić information content (AvgIpc) is 3.19. The highest BCUT2D eigenvalue weighted by Crippen LogP contribution is 2.32. The van der Waals surface area contributed by atoms with Crippen LogP contribution in [0.2, 0.25) is 0 Å². The van der Waals surface area contributed by atoms with Crippen LogP contribution in [0.15, 0.2) is 59.4 Å². The predicted molar refractivity (Wildman–Crippen MR) is 86.4 cm³/mol. The van der Waals surface area contributed by atoms with Gasteiger partial charge in [0, 0.05) is 11.6 Å². The van der Waals surface area contributed by atoms with Crippen LogP contribution < -0.4 is 9.47 Å². The van der Waals surface area contributed by atoms with Gasteiger partial charge in [0.05, 0.1) is 30.1 Å². The van der Waals surface area contributed by atoms with Crippen LogP contribution in [0.5, 0.6) is 11.5 Å². The molecule has 2 heterocycles. The second kappa shape index (κ2) is 5.66. The number of aromatic nitrogens is 2. The molecule has 0 bridgehead atoms. The Balaban J connectivity index is 1.73. The van der Waals surface area contributed by atoms with E-state index in [1.807, 2.05) is 18.2 Å². The Morgan fingerprint density at radius 1 is 1.04 bits per heavy atom. The maximum atomic E-state index is 12.6. The van der Waals surface area contributed by atoms with E-state index in [0.717, 1.165) is 5.39 Å². The normalized spacial score (nSPS) is 10.9. The standard InChI is InChI=1S/C18H12N2O4/c1-22-12-5-7-13(8-6-12)23-18(21)14-10-19-15-4-2-3-11-9-20-24-17(11)16(14)15/h2-10H,1H3. The Morgan fingerprint density at radius 2 is 1.83 bits per heavy atom. The van der Waals surface area contributed by atoms with Gasteiger partial charge in [-0.2, -0.15) is 0 Å². The summed E-state index contributed by atoms with van der Waals surface area (Å²) >= 11 is 0. The molecule has 118 valence electrons. The molecule has 0 atom stereocenters. The number of nitrogens with zero attached hydrogens (tertiary/aromatic N) is 2. The van der Waals surface area contributed by atoms with Gasteiger partial charge < -0.3 is 14.0 Å². The fraction of sp³-hybridized carbons (Fsp3) is 0.0556. The lowest BCUT2D eigenvalue weighted by Gasteiger charge is -2.05. The highest BCUT2D eigenvalue weighted by atomic mass is 16.5. The van der Waals surface area contributed by atoms with Gasteiger partial charge in [0.15, 0.2) is 5.58 Å². The van der Waals surface area contributed by atoms with Gasteiger partial charge in [0.25, 0.3) is 0 Å². The molecule has 0 saturated carbocycles. The molecule has 0 saturated heterocycles. The number of esters is 1. The monoisotopic (exact) mass is 320 g/mol. The van der Waals surface area contributed by atoms with Crippen molar-refractivity contribution in [2.45, 2.75) is 0 Å². The molecule has 0 radical (unpaired) electrons. The molecule has 24 heavy (non-hydrogen) atoms. The van der Waals surface area contributed by atoms with Crippen LogP contribution in [0.25, 0.3) is 22.2 Å². The molecule has 1 aliphatic carbocycles. The van der Waals surface area contributed by atoms with Crippen molar-refractivity contribution in [2.24, 2.45) is 0 Å². The fourth-order valence-corrected chi connectivity index (χ4v) is 2.53. The molecule has 0 fully saturated rings. The van der Waals surface area contributed by atoms with Gasteiger partial charge in [-0.3, -0.25) is 4.98 Å². The van der Waals surface area contributed by atoms with Crippen LogP contribution in [0.3, 0.4) is 0 Å². The third-order valence-electron chi connectivity index (χ3n) is 3.70. The SMILES string of the molecule is COc1ccc(OC(=O)c2cnc3cccc4cnoc4c2-3)cc1. The van der Waals surface area contributed by atoms with E-state index in [-0.39, 0.29) is 0 Å². The molecule has 1 aliphatic heterocycles. The number of carbonyl (C=O) groups is 1. The molecule has 0 N–H and O–H groups in total. The first-order valence-corrected chi connectivity index (χ1v) is 7.24. The first-order valence-electron chi connectivity index (χ1n) is 7.24. The summed E-state index contributed by atoms with van der Waals surface area (Å²) in [7, 11) is 1.57. The quantitative estimate of drug-likeness (QED) is 0.424. The first kappa shape index (κ1) is 14.2. The van der Waals surface area contributed by atoms with E-state index in [1.165, 1.54) is 6.20 Å². The van der Waals surface area contributed by atoms with Crippen LogP contribution >= 0.6 is 0 Å². The summed E-state index contributed by atoms with van der Waals surface area (Å²) in [6, 6.07) is 12.3. The highest BCUT2D eigenvalue weighted by Gasteiger charge is 2.23. The Hall–Kier alpha value is -3.41. The summed E-state index contributed by atoms with van der Waals surface area (Å²) in [5.41, 5.74) is 2.07. The van der Waals surface area contributed by atoms with E-state index >= 15 is 0 Å². The summed E-state index contributed by atoms with van der Waals surface area (Å²) in [5.74, 6) is 0.599. The van der Waals surface area contributed by atoms with E-state index in [9.17, 15) is 4.79 Å². The van der Waals surface area contributed by atoms with Crippen LogP contribution in [-0.2, 0) is 0 Å². The van der Waals surface area contributed by atoms with Crippen molar-refractivity contribution in [1.82, 2.24) is 10.1 Å². The lowest BCUT2D eigenvalue weighted by Crippen LogP contribution is -2.08. The Bertz CT molecular complexity index is 992. The van der Waals surface area contributed by atoms with Crippen molar-refractivity contribution in [2.75, 3.05) is 7.11 Å². The highest BCUT2D eigenvalue weighted by molar-refractivity contribution is 6.05. The van der Waals surface area contributed by atoms with Crippen molar-refractivity contribution in [1.29, 1.82) is 0 Å². The maximum Gasteiger partial charge on any atom is 0.345 e. The Morgan fingerprint density at radius 3 is 2.62 bits per heavy atom.